The number of hydrogen-bond donors (Lipinski definition) is 0. The van der Waals surface area contributed by atoms with E-state index in [1.165, 1.54) is 32.1 Å². The summed E-state index contributed by atoms with van der Waals surface area (Å²) >= 11 is 0. The van der Waals surface area contributed by atoms with Crippen LogP contribution in [0.5, 0.6) is 0 Å². The molecule has 0 radical (unpaired) electrons. The Hall–Kier alpha value is -2.59. The average molecular weight is 412 g/mol. The molecule has 2 saturated carbocycles. The van der Waals surface area contributed by atoms with Crippen molar-refractivity contribution in [2.45, 2.75) is 63.1 Å². The number of hydrogen-bond acceptors (Lipinski definition) is 4. The van der Waals surface area contributed by atoms with Crippen molar-refractivity contribution in [3.63, 3.8) is 0 Å². The topological polar surface area (TPSA) is 47.9 Å². The molecule has 4 heteroatoms. The zero-order valence-corrected chi connectivity index (χ0v) is 17.9. The van der Waals surface area contributed by atoms with Crippen LogP contribution >= 0.6 is 0 Å². The van der Waals surface area contributed by atoms with Crippen LogP contribution in [0.4, 0.5) is 0 Å². The minimum atomic E-state index is 0.342. The molecule has 158 valence electrons. The Bertz CT molecular complexity index is 981. The normalized spacial score (nSPS) is 29.9. The molecule has 1 aromatic heterocycles. The predicted molar refractivity (Wildman–Crippen MR) is 121 cm³/mol. The van der Waals surface area contributed by atoms with Crippen LogP contribution in [0, 0.1) is 11.8 Å². The van der Waals surface area contributed by atoms with Crippen LogP contribution in [0.2, 0.25) is 0 Å². The summed E-state index contributed by atoms with van der Waals surface area (Å²) < 4.78 is 6.58. The van der Waals surface area contributed by atoms with Gasteiger partial charge in [-0.15, -0.1) is 0 Å². The molecule has 3 aliphatic rings. The Morgan fingerprint density at radius 2 is 1.23 bits per heavy atom. The molecule has 0 amide bonds. The fraction of sp³-hybridized carbons (Fsp3) is 0.444. The van der Waals surface area contributed by atoms with Crippen molar-refractivity contribution in [3.05, 3.63) is 66.5 Å². The van der Waals surface area contributed by atoms with E-state index in [1.807, 2.05) is 36.4 Å². The number of fused-ring (bicyclic) bond motifs is 3. The third-order valence-corrected chi connectivity index (χ3v) is 7.58. The van der Waals surface area contributed by atoms with Gasteiger partial charge in [-0.1, -0.05) is 73.5 Å². The second-order valence-electron chi connectivity index (χ2n) is 9.41. The molecule has 6 rings (SSSR count). The first-order valence-electron chi connectivity index (χ1n) is 11.9. The van der Waals surface area contributed by atoms with Crippen molar-refractivity contribution in [2.75, 3.05) is 0 Å². The van der Waals surface area contributed by atoms with Crippen LogP contribution in [0.1, 0.15) is 56.7 Å². The second kappa shape index (κ2) is 8.16. The Balaban J connectivity index is 1.34. The number of nitrogens with zero attached hydrogens (tertiary/aromatic N) is 3. The second-order valence-corrected chi connectivity index (χ2v) is 9.41. The standard InChI is InChI=1S/C27H29N3O/c1-3-9-18(10-4-1)25-28-26(19-11-5-2-6-12-19)30-27(29-25)20-15-16-22-21-13-7-8-14-23(21)31-24(22)17-20/h1-6,9-12,20-24H,7-8,13-17H2. The van der Waals surface area contributed by atoms with Crippen LogP contribution in [0.25, 0.3) is 22.8 Å². The molecule has 2 aliphatic carbocycles. The Kier molecular flexibility index (Phi) is 5.03. The molecule has 0 N–H and O–H groups in total. The van der Waals surface area contributed by atoms with Gasteiger partial charge < -0.3 is 4.74 Å². The lowest BCUT2D eigenvalue weighted by Crippen LogP contribution is -2.30. The van der Waals surface area contributed by atoms with E-state index < -0.39 is 0 Å². The fourth-order valence-corrected chi connectivity index (χ4v) is 6.05. The van der Waals surface area contributed by atoms with E-state index in [0.717, 1.165) is 53.3 Å². The first-order chi connectivity index (χ1) is 15.3. The summed E-state index contributed by atoms with van der Waals surface area (Å²) in [6.45, 7) is 0. The van der Waals surface area contributed by atoms with Crippen LogP contribution in [0.3, 0.4) is 0 Å². The molecule has 31 heavy (non-hydrogen) atoms. The van der Waals surface area contributed by atoms with Gasteiger partial charge in [-0.05, 0) is 43.9 Å². The number of rotatable bonds is 3. The summed E-state index contributed by atoms with van der Waals surface area (Å²) in [6.07, 6.45) is 9.64. The van der Waals surface area contributed by atoms with E-state index >= 15 is 0 Å². The molecule has 1 aliphatic heterocycles. The lowest BCUT2D eigenvalue weighted by atomic mass is 9.71. The first kappa shape index (κ1) is 19.1. The molecular formula is C27H29N3O. The van der Waals surface area contributed by atoms with E-state index in [2.05, 4.69) is 24.3 Å². The molecular weight excluding hydrogens is 382 g/mol. The highest BCUT2D eigenvalue weighted by atomic mass is 16.5. The monoisotopic (exact) mass is 411 g/mol. The highest BCUT2D eigenvalue weighted by molar-refractivity contribution is 5.60. The summed E-state index contributed by atoms with van der Waals surface area (Å²) in [7, 11) is 0. The summed E-state index contributed by atoms with van der Waals surface area (Å²) in [5.74, 6) is 4.35. The van der Waals surface area contributed by atoms with E-state index in [4.69, 9.17) is 19.7 Å². The van der Waals surface area contributed by atoms with Crippen molar-refractivity contribution >= 4 is 0 Å². The maximum absolute atomic E-state index is 6.58. The van der Waals surface area contributed by atoms with Gasteiger partial charge in [-0.25, -0.2) is 15.0 Å². The Labute approximate surface area is 184 Å². The molecule has 3 aromatic rings. The first-order valence-corrected chi connectivity index (χ1v) is 11.9. The molecule has 2 aromatic carbocycles. The smallest absolute Gasteiger partial charge is 0.163 e. The van der Waals surface area contributed by atoms with Crippen molar-refractivity contribution in [1.29, 1.82) is 0 Å². The molecule has 5 unspecified atom stereocenters. The third kappa shape index (κ3) is 3.67. The summed E-state index contributed by atoms with van der Waals surface area (Å²) in [5, 5.41) is 0. The number of ether oxygens (including phenoxy) is 1. The van der Waals surface area contributed by atoms with Crippen LogP contribution in [0.15, 0.2) is 60.7 Å². The summed E-state index contributed by atoms with van der Waals surface area (Å²) in [6, 6.07) is 20.5. The molecule has 0 spiro atoms. The van der Waals surface area contributed by atoms with Gasteiger partial charge in [-0.3, -0.25) is 0 Å². The molecule has 1 saturated heterocycles. The lowest BCUT2D eigenvalue weighted by Gasteiger charge is -2.33. The van der Waals surface area contributed by atoms with E-state index in [-0.39, 0.29) is 0 Å². The van der Waals surface area contributed by atoms with Gasteiger partial charge >= 0.3 is 0 Å². The van der Waals surface area contributed by atoms with Gasteiger partial charge in [0.2, 0.25) is 0 Å². The number of aromatic nitrogens is 3. The van der Waals surface area contributed by atoms with Gasteiger partial charge in [0, 0.05) is 17.0 Å². The zero-order valence-electron chi connectivity index (χ0n) is 17.9. The van der Waals surface area contributed by atoms with Crippen LogP contribution in [-0.2, 0) is 4.74 Å². The van der Waals surface area contributed by atoms with Crippen LogP contribution in [-0.4, -0.2) is 27.2 Å². The van der Waals surface area contributed by atoms with Gasteiger partial charge in [0.1, 0.15) is 5.82 Å². The summed E-state index contributed by atoms with van der Waals surface area (Å²) in [4.78, 5) is 14.8. The molecule has 0 bridgehead atoms. The maximum atomic E-state index is 6.58. The van der Waals surface area contributed by atoms with Gasteiger partial charge in [-0.2, -0.15) is 0 Å². The molecule has 3 fully saturated rings. The maximum Gasteiger partial charge on any atom is 0.163 e. The SMILES string of the molecule is c1ccc(-c2nc(-c3ccccc3)nc(C3CCC4C(C3)OC3CCCCC34)n2)cc1. The minimum Gasteiger partial charge on any atom is -0.374 e. The summed E-state index contributed by atoms with van der Waals surface area (Å²) in [5.41, 5.74) is 2.08. The third-order valence-electron chi connectivity index (χ3n) is 7.58. The van der Waals surface area contributed by atoms with E-state index in [1.54, 1.807) is 0 Å². The van der Waals surface area contributed by atoms with Crippen molar-refractivity contribution in [3.8, 4) is 22.8 Å². The average Bonchev–Trinajstić information content (AvgIpc) is 3.23. The van der Waals surface area contributed by atoms with Gasteiger partial charge in [0.25, 0.3) is 0 Å². The predicted octanol–water partition coefficient (Wildman–Crippen LogP) is 6.05. The fourth-order valence-electron chi connectivity index (χ4n) is 6.05. The zero-order chi connectivity index (χ0) is 20.6. The van der Waals surface area contributed by atoms with Crippen molar-refractivity contribution in [1.82, 2.24) is 15.0 Å². The van der Waals surface area contributed by atoms with E-state index in [0.29, 0.717) is 18.1 Å². The Morgan fingerprint density at radius 1 is 0.613 bits per heavy atom. The quantitative estimate of drug-likeness (QED) is 0.527. The minimum absolute atomic E-state index is 0.342. The molecule has 2 heterocycles. The largest absolute Gasteiger partial charge is 0.374 e. The highest BCUT2D eigenvalue weighted by Gasteiger charge is 2.48. The van der Waals surface area contributed by atoms with Gasteiger partial charge in [0.05, 0.1) is 12.2 Å². The lowest BCUT2D eigenvalue weighted by molar-refractivity contribution is 0.00192. The van der Waals surface area contributed by atoms with Crippen molar-refractivity contribution < 1.29 is 4.74 Å². The van der Waals surface area contributed by atoms with E-state index in [9.17, 15) is 0 Å². The van der Waals surface area contributed by atoms with Crippen molar-refractivity contribution in [2.24, 2.45) is 11.8 Å². The molecule has 5 atom stereocenters. The van der Waals surface area contributed by atoms with Gasteiger partial charge in [0.15, 0.2) is 11.6 Å². The van der Waals surface area contributed by atoms with Crippen LogP contribution < -0.4 is 0 Å². The molecule has 4 nitrogen and oxygen atoms in total. The highest BCUT2D eigenvalue weighted by Crippen LogP contribution is 2.50. The Morgan fingerprint density at radius 3 is 1.90 bits per heavy atom. The number of benzene rings is 2.